The van der Waals surface area contributed by atoms with Crippen molar-refractivity contribution in [1.82, 2.24) is 0 Å². The van der Waals surface area contributed by atoms with E-state index in [4.69, 9.17) is 14.2 Å². The van der Waals surface area contributed by atoms with Crippen LogP contribution in [0, 0.1) is 29.1 Å². The quantitative estimate of drug-likeness (QED) is 0.532. The van der Waals surface area contributed by atoms with Gasteiger partial charge in [0.05, 0.1) is 11.5 Å². The minimum Gasteiger partial charge on any atom is -0.456 e. The topological polar surface area (TPSA) is 65.0 Å². The molecule has 2 aliphatic heterocycles. The number of methoxy groups -OCH3 is 1. The zero-order chi connectivity index (χ0) is 22.5. The molecule has 2 heterocycles. The van der Waals surface area contributed by atoms with Gasteiger partial charge in [-0.1, -0.05) is 25.5 Å². The molecular formula is C25H40O5. The van der Waals surface area contributed by atoms with Crippen LogP contribution in [0.2, 0.25) is 0 Å². The zero-order valence-electron chi connectivity index (χ0n) is 19.9. The zero-order valence-corrected chi connectivity index (χ0v) is 19.9. The Bertz CT molecular complexity index is 718. The first-order chi connectivity index (χ1) is 13.8. The van der Waals surface area contributed by atoms with E-state index in [1.54, 1.807) is 7.11 Å². The van der Waals surface area contributed by atoms with Gasteiger partial charge in [0.25, 0.3) is 0 Å². The van der Waals surface area contributed by atoms with Crippen LogP contribution < -0.4 is 0 Å². The van der Waals surface area contributed by atoms with Crippen LogP contribution in [0.15, 0.2) is 23.8 Å². The van der Waals surface area contributed by atoms with Crippen LogP contribution in [0.4, 0.5) is 0 Å². The first-order valence-corrected chi connectivity index (χ1v) is 11.3. The van der Waals surface area contributed by atoms with Crippen molar-refractivity contribution in [3.05, 3.63) is 23.8 Å². The van der Waals surface area contributed by atoms with E-state index in [9.17, 15) is 9.90 Å². The molecule has 0 saturated carbocycles. The summed E-state index contributed by atoms with van der Waals surface area (Å²) < 4.78 is 18.4. The average molecular weight is 421 g/mol. The molecule has 1 aliphatic carbocycles. The van der Waals surface area contributed by atoms with Gasteiger partial charge in [-0.05, 0) is 89.7 Å². The predicted molar refractivity (Wildman–Crippen MR) is 117 cm³/mol. The standard InChI is InChI=1S/C25H40O5/c1-15(2)17-10-9-16(3)18-13-20(26)24(7)11-12-25(28-8,30-24)21(14-19(17)18)29-22(27)23(4,5)6/h9,11-12,15,17-21,26H,10,13-14H2,1-8H3/t17-,18+,19-,20+,21-,24+,25-/m1/s1. The van der Waals surface area contributed by atoms with Gasteiger partial charge < -0.3 is 19.3 Å². The molecule has 0 aromatic rings. The molecule has 3 aliphatic rings. The van der Waals surface area contributed by atoms with Gasteiger partial charge in [-0.15, -0.1) is 0 Å². The second kappa shape index (κ2) is 8.07. The molecule has 170 valence electrons. The Morgan fingerprint density at radius 2 is 1.93 bits per heavy atom. The minimum atomic E-state index is -1.19. The number of aliphatic hydroxyl groups excluding tert-OH is 1. The smallest absolute Gasteiger partial charge is 0.311 e. The minimum absolute atomic E-state index is 0.221. The summed E-state index contributed by atoms with van der Waals surface area (Å²) in [6.45, 7) is 14.1. The van der Waals surface area contributed by atoms with E-state index in [1.165, 1.54) is 5.57 Å². The van der Waals surface area contributed by atoms with Crippen molar-refractivity contribution in [3.63, 3.8) is 0 Å². The number of fused-ring (bicyclic) bond motifs is 3. The fraction of sp³-hybridized carbons (Fsp3) is 0.800. The first kappa shape index (κ1) is 23.5. The number of rotatable bonds is 3. The Morgan fingerprint density at radius 1 is 1.27 bits per heavy atom. The van der Waals surface area contributed by atoms with E-state index in [0.717, 1.165) is 6.42 Å². The molecule has 1 N–H and O–H groups in total. The molecule has 0 radical (unpaired) electrons. The maximum Gasteiger partial charge on any atom is 0.311 e. The summed E-state index contributed by atoms with van der Waals surface area (Å²) in [4.78, 5) is 12.9. The lowest BCUT2D eigenvalue weighted by Gasteiger charge is -2.43. The number of ether oxygens (including phenoxy) is 3. The number of esters is 1. The molecule has 2 bridgehead atoms. The molecule has 5 heteroatoms. The lowest BCUT2D eigenvalue weighted by molar-refractivity contribution is -0.282. The molecule has 1 saturated heterocycles. The summed E-state index contributed by atoms with van der Waals surface area (Å²) in [6, 6.07) is 0. The number of carbonyl (C=O) groups is 1. The van der Waals surface area contributed by atoms with Crippen molar-refractivity contribution in [2.75, 3.05) is 7.11 Å². The van der Waals surface area contributed by atoms with Gasteiger partial charge in [-0.25, -0.2) is 0 Å². The Balaban J connectivity index is 2.08. The van der Waals surface area contributed by atoms with Gasteiger partial charge in [-0.3, -0.25) is 4.79 Å². The third kappa shape index (κ3) is 4.13. The normalized spacial score (nSPS) is 41.5. The van der Waals surface area contributed by atoms with Crippen LogP contribution in [-0.4, -0.2) is 41.8 Å². The van der Waals surface area contributed by atoms with Crippen molar-refractivity contribution in [1.29, 1.82) is 0 Å². The van der Waals surface area contributed by atoms with E-state index in [-0.39, 0.29) is 17.8 Å². The Morgan fingerprint density at radius 3 is 2.50 bits per heavy atom. The number of aliphatic hydroxyl groups is 1. The molecule has 0 spiro atoms. The van der Waals surface area contributed by atoms with Gasteiger partial charge in [-0.2, -0.15) is 0 Å². The average Bonchev–Trinajstić information content (AvgIpc) is 3.02. The van der Waals surface area contributed by atoms with Crippen molar-refractivity contribution in [2.45, 2.75) is 91.3 Å². The van der Waals surface area contributed by atoms with Gasteiger partial charge >= 0.3 is 5.97 Å². The van der Waals surface area contributed by atoms with Crippen LogP contribution in [0.1, 0.15) is 67.7 Å². The maximum atomic E-state index is 12.9. The predicted octanol–water partition coefficient (Wildman–Crippen LogP) is 4.64. The Labute approximate surface area is 181 Å². The number of hydrogen-bond acceptors (Lipinski definition) is 5. The summed E-state index contributed by atoms with van der Waals surface area (Å²) in [5.74, 6) is -0.0312. The van der Waals surface area contributed by atoms with Gasteiger partial charge in [0.2, 0.25) is 5.79 Å². The number of carbonyl (C=O) groups excluding carboxylic acids is 1. The Kier molecular flexibility index (Phi) is 6.32. The van der Waals surface area contributed by atoms with Crippen molar-refractivity contribution >= 4 is 5.97 Å². The number of allylic oxidation sites excluding steroid dienone is 2. The van der Waals surface area contributed by atoms with Gasteiger partial charge in [0, 0.05) is 7.11 Å². The van der Waals surface area contributed by atoms with Crippen LogP contribution in [0.25, 0.3) is 0 Å². The largest absolute Gasteiger partial charge is 0.456 e. The monoisotopic (exact) mass is 420 g/mol. The van der Waals surface area contributed by atoms with Crippen LogP contribution in [0.3, 0.4) is 0 Å². The van der Waals surface area contributed by atoms with Crippen molar-refractivity contribution in [2.24, 2.45) is 29.1 Å². The highest BCUT2D eigenvalue weighted by Gasteiger charge is 2.56. The summed E-state index contributed by atoms with van der Waals surface area (Å²) in [7, 11) is 1.59. The highest BCUT2D eigenvalue weighted by atomic mass is 16.7. The van der Waals surface area contributed by atoms with E-state index >= 15 is 0 Å². The molecule has 1 fully saturated rings. The van der Waals surface area contributed by atoms with Crippen LogP contribution >= 0.6 is 0 Å². The lowest BCUT2D eigenvalue weighted by atomic mass is 9.64. The van der Waals surface area contributed by atoms with Crippen LogP contribution in [-0.2, 0) is 19.0 Å². The first-order valence-electron chi connectivity index (χ1n) is 11.3. The second-order valence-corrected chi connectivity index (χ2v) is 11.0. The van der Waals surface area contributed by atoms with E-state index in [2.05, 4.69) is 26.8 Å². The fourth-order valence-corrected chi connectivity index (χ4v) is 5.36. The molecule has 3 rings (SSSR count). The Hall–Kier alpha value is -1.17. The third-order valence-corrected chi connectivity index (χ3v) is 7.50. The fourth-order valence-electron chi connectivity index (χ4n) is 5.36. The van der Waals surface area contributed by atoms with Gasteiger partial charge in [0.1, 0.15) is 5.60 Å². The van der Waals surface area contributed by atoms with Crippen LogP contribution in [0.5, 0.6) is 0 Å². The maximum absolute atomic E-state index is 12.9. The molecule has 7 atom stereocenters. The molecule has 0 aromatic carbocycles. The lowest BCUT2D eigenvalue weighted by Crippen LogP contribution is -2.52. The molecule has 30 heavy (non-hydrogen) atoms. The molecular weight excluding hydrogens is 380 g/mol. The van der Waals surface area contributed by atoms with Crippen molar-refractivity contribution in [3.8, 4) is 0 Å². The van der Waals surface area contributed by atoms with Gasteiger partial charge in [0.15, 0.2) is 6.10 Å². The molecule has 0 unspecified atom stereocenters. The highest BCUT2D eigenvalue weighted by molar-refractivity contribution is 5.75. The van der Waals surface area contributed by atoms with E-state index in [1.807, 2.05) is 39.8 Å². The molecule has 0 aromatic heterocycles. The second-order valence-electron chi connectivity index (χ2n) is 11.0. The third-order valence-electron chi connectivity index (χ3n) is 7.50. The molecule has 0 amide bonds. The summed E-state index contributed by atoms with van der Waals surface area (Å²) in [5, 5.41) is 11.2. The number of hydrogen-bond donors (Lipinski definition) is 1. The summed E-state index contributed by atoms with van der Waals surface area (Å²) in [5.41, 5.74) is -0.200. The van der Waals surface area contributed by atoms with E-state index < -0.39 is 29.0 Å². The van der Waals surface area contributed by atoms with E-state index in [0.29, 0.717) is 24.7 Å². The highest BCUT2D eigenvalue weighted by Crippen LogP contribution is 2.50. The van der Waals surface area contributed by atoms with Crippen molar-refractivity contribution < 1.29 is 24.1 Å². The summed E-state index contributed by atoms with van der Waals surface area (Å²) in [6.07, 6.45) is 7.05. The SMILES string of the molecule is CO[C@]12C=C[C@](C)(O1)[C@@H](O)C[C@H]1C(C)=CC[C@H](C(C)C)[C@H]1C[C@H]2OC(=O)C(C)(C)C. The molecule has 5 nitrogen and oxygen atoms in total. The summed E-state index contributed by atoms with van der Waals surface area (Å²) >= 11 is 0.